The van der Waals surface area contributed by atoms with Gasteiger partial charge in [0.05, 0.1) is 5.28 Å². The third kappa shape index (κ3) is 1.03. The van der Waals surface area contributed by atoms with Gasteiger partial charge in [-0.1, -0.05) is 13.3 Å². The first-order valence-corrected chi connectivity index (χ1v) is 5.61. The molecule has 0 radical (unpaired) electrons. The molecule has 0 saturated heterocycles. The lowest BCUT2D eigenvalue weighted by Gasteiger charge is -2.14. The highest BCUT2D eigenvalue weighted by Crippen LogP contribution is 2.66. The number of nitrogens with two attached hydrogens (primary N) is 1. The van der Waals surface area contributed by atoms with Crippen molar-refractivity contribution in [2.24, 2.45) is 11.7 Å². The molecule has 1 unspecified atom stereocenters. The molecule has 10 heavy (non-hydrogen) atoms. The highest BCUT2D eigenvalue weighted by Gasteiger charge is 2.59. The van der Waals surface area contributed by atoms with Gasteiger partial charge >= 0.3 is 0 Å². The van der Waals surface area contributed by atoms with Crippen molar-refractivity contribution in [1.82, 2.24) is 0 Å². The molecule has 60 valence electrons. The van der Waals surface area contributed by atoms with Gasteiger partial charge in [-0.15, -0.1) is 0 Å². The van der Waals surface area contributed by atoms with Gasteiger partial charge in [0.25, 0.3) is 0 Å². The van der Waals surface area contributed by atoms with E-state index in [1.165, 1.54) is 6.66 Å². The lowest BCUT2D eigenvalue weighted by molar-refractivity contribution is 0.460. The van der Waals surface area contributed by atoms with Crippen LogP contribution in [0, 0.1) is 5.92 Å². The Kier molecular flexibility index (Phi) is 1.70. The molecular formula is C6H14NO2P. The zero-order chi connectivity index (χ0) is 7.99. The monoisotopic (exact) mass is 163 g/mol. The van der Waals surface area contributed by atoms with E-state index in [9.17, 15) is 4.57 Å². The SMILES string of the molecule is CC[C@@H]1C[C@]1(N)P(C)(=O)O. The first-order chi connectivity index (χ1) is 4.42. The zero-order valence-electron chi connectivity index (χ0n) is 6.37. The summed E-state index contributed by atoms with van der Waals surface area (Å²) in [4.78, 5) is 9.15. The topological polar surface area (TPSA) is 63.3 Å². The molecule has 1 aliphatic rings. The molecule has 0 amide bonds. The van der Waals surface area contributed by atoms with Crippen LogP contribution < -0.4 is 5.73 Å². The van der Waals surface area contributed by atoms with Crippen LogP contribution in [0.25, 0.3) is 0 Å². The van der Waals surface area contributed by atoms with E-state index in [-0.39, 0.29) is 5.92 Å². The normalized spacial score (nSPS) is 44.6. The number of hydrogen-bond acceptors (Lipinski definition) is 2. The smallest absolute Gasteiger partial charge is 0.217 e. The van der Waals surface area contributed by atoms with Gasteiger partial charge < -0.3 is 10.6 Å². The molecule has 0 aromatic carbocycles. The minimum atomic E-state index is -3.03. The second-order valence-corrected chi connectivity index (χ2v) is 5.77. The zero-order valence-corrected chi connectivity index (χ0v) is 7.27. The van der Waals surface area contributed by atoms with Gasteiger partial charge in [-0.2, -0.15) is 0 Å². The Morgan fingerprint density at radius 2 is 2.40 bits per heavy atom. The molecule has 0 spiro atoms. The van der Waals surface area contributed by atoms with E-state index in [1.54, 1.807) is 0 Å². The van der Waals surface area contributed by atoms with Crippen LogP contribution in [0.3, 0.4) is 0 Å². The second-order valence-electron chi connectivity index (χ2n) is 3.18. The average Bonchev–Trinajstić information content (AvgIpc) is 2.41. The van der Waals surface area contributed by atoms with Gasteiger partial charge in [-0.25, -0.2) is 0 Å². The van der Waals surface area contributed by atoms with Crippen molar-refractivity contribution in [3.05, 3.63) is 0 Å². The molecule has 3 atom stereocenters. The van der Waals surface area contributed by atoms with Gasteiger partial charge in [0.2, 0.25) is 7.37 Å². The molecule has 0 aromatic rings. The highest BCUT2D eigenvalue weighted by atomic mass is 31.2. The lowest BCUT2D eigenvalue weighted by Crippen LogP contribution is -2.24. The summed E-state index contributed by atoms with van der Waals surface area (Å²) in [5.41, 5.74) is 5.67. The van der Waals surface area contributed by atoms with E-state index in [0.717, 1.165) is 6.42 Å². The van der Waals surface area contributed by atoms with E-state index in [4.69, 9.17) is 10.6 Å². The molecule has 0 bridgehead atoms. The maximum Gasteiger partial charge on any atom is 0.217 e. The molecule has 3 N–H and O–H groups in total. The number of rotatable bonds is 2. The Labute approximate surface area is 61.1 Å². The van der Waals surface area contributed by atoms with Gasteiger partial charge in [-0.3, -0.25) is 4.57 Å². The second kappa shape index (κ2) is 2.07. The third-order valence-electron chi connectivity index (χ3n) is 2.39. The molecule has 1 rings (SSSR count). The molecule has 0 aliphatic heterocycles. The Morgan fingerprint density at radius 3 is 2.50 bits per heavy atom. The van der Waals surface area contributed by atoms with E-state index in [2.05, 4.69) is 0 Å². The maximum atomic E-state index is 11.1. The van der Waals surface area contributed by atoms with Crippen LogP contribution in [0.5, 0.6) is 0 Å². The minimum absolute atomic E-state index is 0.272. The summed E-state index contributed by atoms with van der Waals surface area (Å²) < 4.78 is 11.1. The molecule has 3 nitrogen and oxygen atoms in total. The van der Waals surface area contributed by atoms with Crippen LogP contribution in [0.1, 0.15) is 19.8 Å². The molecule has 0 aromatic heterocycles. The Balaban J connectivity index is 2.68. The third-order valence-corrected chi connectivity index (χ3v) is 4.48. The molecule has 1 saturated carbocycles. The predicted molar refractivity (Wildman–Crippen MR) is 41.1 cm³/mol. The van der Waals surface area contributed by atoms with Crippen molar-refractivity contribution in [2.45, 2.75) is 25.0 Å². The fraction of sp³-hybridized carbons (Fsp3) is 1.00. The Bertz CT molecular complexity index is 188. The Hall–Kier alpha value is 0.150. The largest absolute Gasteiger partial charge is 0.343 e. The first kappa shape index (κ1) is 8.25. The van der Waals surface area contributed by atoms with E-state index in [0.29, 0.717) is 6.42 Å². The van der Waals surface area contributed by atoms with Crippen molar-refractivity contribution in [3.8, 4) is 0 Å². The van der Waals surface area contributed by atoms with Gasteiger partial charge in [0.1, 0.15) is 0 Å². The lowest BCUT2D eigenvalue weighted by atomic mass is 10.3. The van der Waals surface area contributed by atoms with Crippen LogP contribution in [-0.2, 0) is 4.57 Å². The van der Waals surface area contributed by atoms with Gasteiger partial charge in [0, 0.05) is 6.66 Å². The summed E-state index contributed by atoms with van der Waals surface area (Å²) in [7, 11) is -3.03. The van der Waals surface area contributed by atoms with Crippen LogP contribution in [0.15, 0.2) is 0 Å². The van der Waals surface area contributed by atoms with E-state index >= 15 is 0 Å². The van der Waals surface area contributed by atoms with Gasteiger partial charge in [-0.05, 0) is 12.3 Å². The summed E-state index contributed by atoms with van der Waals surface area (Å²) in [5.74, 6) is 0.272. The molecule has 4 heteroatoms. The van der Waals surface area contributed by atoms with Crippen molar-refractivity contribution in [3.63, 3.8) is 0 Å². The van der Waals surface area contributed by atoms with Crippen molar-refractivity contribution >= 4 is 7.37 Å². The minimum Gasteiger partial charge on any atom is -0.343 e. The average molecular weight is 163 g/mol. The molecule has 1 fully saturated rings. The summed E-state index contributed by atoms with van der Waals surface area (Å²) in [5, 5.41) is -0.734. The maximum absolute atomic E-state index is 11.1. The first-order valence-electron chi connectivity index (χ1n) is 3.51. The van der Waals surface area contributed by atoms with Crippen molar-refractivity contribution < 1.29 is 9.46 Å². The van der Waals surface area contributed by atoms with Crippen LogP contribution in [-0.4, -0.2) is 16.8 Å². The van der Waals surface area contributed by atoms with Crippen LogP contribution in [0.4, 0.5) is 0 Å². The van der Waals surface area contributed by atoms with E-state index < -0.39 is 12.6 Å². The molecule has 1 aliphatic carbocycles. The fourth-order valence-electron chi connectivity index (χ4n) is 1.34. The van der Waals surface area contributed by atoms with Crippen LogP contribution >= 0.6 is 7.37 Å². The molecular weight excluding hydrogens is 149 g/mol. The summed E-state index contributed by atoms with van der Waals surface area (Å²) in [6, 6.07) is 0. The Morgan fingerprint density at radius 1 is 1.90 bits per heavy atom. The van der Waals surface area contributed by atoms with Gasteiger partial charge in [0.15, 0.2) is 0 Å². The summed E-state index contributed by atoms with van der Waals surface area (Å²) >= 11 is 0. The summed E-state index contributed by atoms with van der Waals surface area (Å²) in [6.07, 6.45) is 1.63. The number of hydrogen-bond donors (Lipinski definition) is 2. The quantitative estimate of drug-likeness (QED) is 0.596. The standard InChI is InChI=1S/C6H14NO2P/c1-3-5-4-6(5,7)10(2,8)9/h5H,3-4,7H2,1-2H3,(H,8,9)/t5-,6+/m1/s1. The molecule has 0 heterocycles. The highest BCUT2D eigenvalue weighted by molar-refractivity contribution is 7.59. The van der Waals surface area contributed by atoms with Crippen molar-refractivity contribution in [1.29, 1.82) is 0 Å². The van der Waals surface area contributed by atoms with E-state index in [1.807, 2.05) is 6.92 Å². The predicted octanol–water partition coefficient (Wildman–Crippen LogP) is 0.972. The fourth-order valence-corrected chi connectivity index (χ4v) is 2.76. The van der Waals surface area contributed by atoms with Crippen molar-refractivity contribution in [2.75, 3.05) is 6.66 Å². The summed E-state index contributed by atoms with van der Waals surface area (Å²) in [6.45, 7) is 3.34. The van der Waals surface area contributed by atoms with Crippen LogP contribution in [0.2, 0.25) is 0 Å².